The first-order chi connectivity index (χ1) is 11.8. The van der Waals surface area contributed by atoms with Crippen molar-refractivity contribution in [3.63, 3.8) is 0 Å². The van der Waals surface area contributed by atoms with Crippen LogP contribution >= 0.6 is 0 Å². The monoisotopic (exact) mass is 330 g/mol. The lowest BCUT2D eigenvalue weighted by Gasteiger charge is -2.23. The third-order valence-corrected chi connectivity index (χ3v) is 4.31. The molecule has 0 bridgehead atoms. The van der Waals surface area contributed by atoms with Crippen LogP contribution in [-0.4, -0.2) is 67.4 Å². The van der Waals surface area contributed by atoms with Crippen LogP contribution in [0.3, 0.4) is 0 Å². The van der Waals surface area contributed by atoms with Gasteiger partial charge in [-0.3, -0.25) is 0 Å². The van der Waals surface area contributed by atoms with Crippen molar-refractivity contribution in [3.05, 3.63) is 30.7 Å². The zero-order valence-corrected chi connectivity index (χ0v) is 14.3. The minimum atomic E-state index is 0.245. The predicted octanol–water partition coefficient (Wildman–Crippen LogP) is 1.71. The number of ether oxygens (including phenoxy) is 2. The van der Waals surface area contributed by atoms with Gasteiger partial charge in [-0.15, -0.1) is 0 Å². The summed E-state index contributed by atoms with van der Waals surface area (Å²) in [6.45, 7) is 6.31. The van der Waals surface area contributed by atoms with Gasteiger partial charge in [0.2, 0.25) is 0 Å². The second-order valence-corrected chi connectivity index (χ2v) is 6.19. The summed E-state index contributed by atoms with van der Waals surface area (Å²) in [5, 5.41) is 4.25. The zero-order chi connectivity index (χ0) is 16.6. The summed E-state index contributed by atoms with van der Waals surface area (Å²) in [7, 11) is 2.15. The van der Waals surface area contributed by atoms with Crippen molar-refractivity contribution >= 4 is 10.9 Å². The average Bonchev–Trinajstić information content (AvgIpc) is 2.64. The van der Waals surface area contributed by atoms with Crippen molar-refractivity contribution in [2.45, 2.75) is 18.9 Å². The Kier molecular flexibility index (Phi) is 6.34. The van der Waals surface area contributed by atoms with E-state index >= 15 is 0 Å². The van der Waals surface area contributed by atoms with E-state index in [1.54, 1.807) is 12.5 Å². The summed E-state index contributed by atoms with van der Waals surface area (Å²) in [5.41, 5.74) is 0.921. The molecule has 0 spiro atoms. The predicted molar refractivity (Wildman–Crippen MR) is 94.4 cm³/mol. The lowest BCUT2D eigenvalue weighted by molar-refractivity contribution is 0.0262. The normalized spacial score (nSPS) is 19.5. The molecular formula is C18H26N4O2. The van der Waals surface area contributed by atoms with Crippen LogP contribution in [0.25, 0.3) is 10.9 Å². The number of nitrogens with zero attached hydrogens (tertiary/aromatic N) is 3. The fourth-order valence-electron chi connectivity index (χ4n) is 2.83. The van der Waals surface area contributed by atoms with E-state index in [1.165, 1.54) is 13.1 Å². The van der Waals surface area contributed by atoms with Crippen molar-refractivity contribution in [3.8, 4) is 5.75 Å². The lowest BCUT2D eigenvalue weighted by Crippen LogP contribution is -2.40. The van der Waals surface area contributed by atoms with Crippen molar-refractivity contribution in [2.24, 2.45) is 0 Å². The van der Waals surface area contributed by atoms with E-state index in [2.05, 4.69) is 27.2 Å². The Morgan fingerprint density at radius 1 is 1.21 bits per heavy atom. The van der Waals surface area contributed by atoms with E-state index in [0.29, 0.717) is 0 Å². The molecule has 6 heteroatoms. The summed E-state index contributed by atoms with van der Waals surface area (Å²) < 4.78 is 11.3. The number of likely N-dealkylation sites (N-methyl/N-ethyl adjacent to an activating group) is 1. The molecule has 2 aliphatic rings. The van der Waals surface area contributed by atoms with Gasteiger partial charge in [0, 0.05) is 45.2 Å². The summed E-state index contributed by atoms with van der Waals surface area (Å²) in [5.74, 6) is 0.870. The van der Waals surface area contributed by atoms with Gasteiger partial charge in [-0.05, 0) is 19.2 Å². The molecular weight excluding hydrogens is 304 g/mol. The summed E-state index contributed by atoms with van der Waals surface area (Å²) in [6.07, 6.45) is 5.50. The van der Waals surface area contributed by atoms with Crippen molar-refractivity contribution in [2.75, 3.05) is 46.4 Å². The highest BCUT2D eigenvalue weighted by molar-refractivity contribution is 5.83. The van der Waals surface area contributed by atoms with Crippen molar-refractivity contribution in [1.82, 2.24) is 20.2 Å². The van der Waals surface area contributed by atoms with E-state index in [9.17, 15) is 0 Å². The quantitative estimate of drug-likeness (QED) is 0.905. The number of hydrogen-bond acceptors (Lipinski definition) is 6. The van der Waals surface area contributed by atoms with Gasteiger partial charge in [-0.2, -0.15) is 0 Å². The van der Waals surface area contributed by atoms with Gasteiger partial charge in [-0.1, -0.05) is 6.07 Å². The smallest absolute Gasteiger partial charge is 0.130 e. The maximum absolute atomic E-state index is 6.01. The van der Waals surface area contributed by atoms with Crippen LogP contribution < -0.4 is 10.1 Å². The van der Waals surface area contributed by atoms with Crippen LogP contribution in [0.15, 0.2) is 30.7 Å². The third kappa shape index (κ3) is 4.87. The van der Waals surface area contributed by atoms with E-state index in [1.807, 2.05) is 18.2 Å². The second kappa shape index (κ2) is 8.92. The fourth-order valence-corrected chi connectivity index (χ4v) is 2.83. The molecule has 3 heterocycles. The molecule has 0 radical (unpaired) electrons. The number of nitrogens with one attached hydrogen (secondary N) is 1. The second-order valence-electron chi connectivity index (χ2n) is 6.19. The van der Waals surface area contributed by atoms with Crippen molar-refractivity contribution < 1.29 is 9.47 Å². The highest BCUT2D eigenvalue weighted by Gasteiger charge is 2.16. The summed E-state index contributed by atoms with van der Waals surface area (Å²) in [6, 6.07) is 5.90. The maximum Gasteiger partial charge on any atom is 0.130 e. The van der Waals surface area contributed by atoms with E-state index in [4.69, 9.17) is 9.47 Å². The van der Waals surface area contributed by atoms with Gasteiger partial charge in [0.05, 0.1) is 24.1 Å². The van der Waals surface area contributed by atoms with Crippen LogP contribution in [0.5, 0.6) is 5.75 Å². The molecule has 130 valence electrons. The Balaban J connectivity index is 0.000000203. The first kappa shape index (κ1) is 17.1. The van der Waals surface area contributed by atoms with Gasteiger partial charge in [-0.25, -0.2) is 9.97 Å². The number of benzene rings is 1. The van der Waals surface area contributed by atoms with Crippen LogP contribution in [0.4, 0.5) is 0 Å². The molecule has 0 unspecified atom stereocenters. The van der Waals surface area contributed by atoms with Crippen molar-refractivity contribution in [1.29, 1.82) is 0 Å². The summed E-state index contributed by atoms with van der Waals surface area (Å²) >= 11 is 0. The van der Waals surface area contributed by atoms with E-state index in [0.717, 1.165) is 55.8 Å². The Hall–Kier alpha value is -1.76. The van der Waals surface area contributed by atoms with Gasteiger partial charge < -0.3 is 19.7 Å². The Morgan fingerprint density at radius 3 is 2.71 bits per heavy atom. The van der Waals surface area contributed by atoms with E-state index in [-0.39, 0.29) is 6.10 Å². The minimum Gasteiger partial charge on any atom is -0.489 e. The van der Waals surface area contributed by atoms with Gasteiger partial charge in [0.25, 0.3) is 0 Å². The highest BCUT2D eigenvalue weighted by atomic mass is 16.5. The average molecular weight is 330 g/mol. The molecule has 24 heavy (non-hydrogen) atoms. The third-order valence-electron chi connectivity index (χ3n) is 4.31. The molecule has 1 N–H and O–H groups in total. The Morgan fingerprint density at radius 2 is 2.00 bits per heavy atom. The largest absolute Gasteiger partial charge is 0.489 e. The molecule has 6 nitrogen and oxygen atoms in total. The maximum atomic E-state index is 6.01. The first-order valence-electron chi connectivity index (χ1n) is 8.65. The molecule has 4 rings (SSSR count). The Labute approximate surface area is 143 Å². The Bertz CT molecular complexity index is 620. The van der Waals surface area contributed by atoms with Crippen LogP contribution in [-0.2, 0) is 4.74 Å². The number of hydrogen-bond donors (Lipinski definition) is 1. The standard InChI is InChI=1S/C13H14N2O2.C5H12N2/c1-2-12-11(8-14-9-15-12)13(3-1)17-10-4-6-16-7-5-10;1-7-4-2-6-3-5-7/h1-3,8-10H,4-7H2;6H,2-5H2,1H3. The topological polar surface area (TPSA) is 59.5 Å². The first-order valence-corrected chi connectivity index (χ1v) is 8.65. The number of piperazine rings is 1. The number of aromatic nitrogens is 2. The van der Waals surface area contributed by atoms with Gasteiger partial charge in [0.15, 0.2) is 0 Å². The van der Waals surface area contributed by atoms with Gasteiger partial charge >= 0.3 is 0 Å². The van der Waals surface area contributed by atoms with Crippen LogP contribution in [0.2, 0.25) is 0 Å². The fraction of sp³-hybridized carbons (Fsp3) is 0.556. The van der Waals surface area contributed by atoms with Crippen LogP contribution in [0, 0.1) is 0 Å². The lowest BCUT2D eigenvalue weighted by atomic mass is 10.1. The zero-order valence-electron chi connectivity index (χ0n) is 14.3. The molecule has 2 fully saturated rings. The molecule has 1 aromatic carbocycles. The molecule has 0 atom stereocenters. The molecule has 0 amide bonds. The molecule has 0 saturated carbocycles. The minimum absolute atomic E-state index is 0.245. The molecule has 2 aliphatic heterocycles. The molecule has 2 aromatic rings. The van der Waals surface area contributed by atoms with Gasteiger partial charge in [0.1, 0.15) is 18.2 Å². The molecule has 1 aromatic heterocycles. The molecule has 0 aliphatic carbocycles. The number of fused-ring (bicyclic) bond motifs is 1. The van der Waals surface area contributed by atoms with Crippen LogP contribution in [0.1, 0.15) is 12.8 Å². The van der Waals surface area contributed by atoms with E-state index < -0.39 is 0 Å². The highest BCUT2D eigenvalue weighted by Crippen LogP contribution is 2.25. The summed E-state index contributed by atoms with van der Waals surface area (Å²) in [4.78, 5) is 10.6. The number of rotatable bonds is 2. The molecule has 2 saturated heterocycles. The SMILES string of the molecule is CN1CCNCC1.c1cc(OC2CCOCC2)c2cncnc2c1.